The first kappa shape index (κ1) is 19.5. The molecule has 2 aromatic carbocycles. The third kappa shape index (κ3) is 4.18. The molecule has 27 heavy (non-hydrogen) atoms. The van der Waals surface area contributed by atoms with Gasteiger partial charge in [0.1, 0.15) is 5.75 Å². The van der Waals surface area contributed by atoms with Gasteiger partial charge in [-0.3, -0.25) is 4.31 Å². The molecule has 0 saturated heterocycles. The van der Waals surface area contributed by atoms with E-state index in [-0.39, 0.29) is 23.3 Å². The van der Waals surface area contributed by atoms with Crippen LogP contribution in [0.2, 0.25) is 0 Å². The maximum atomic E-state index is 14.0. The minimum absolute atomic E-state index is 0.00501. The van der Waals surface area contributed by atoms with Crippen molar-refractivity contribution in [3.63, 3.8) is 0 Å². The molecule has 0 heterocycles. The molecule has 0 bridgehead atoms. The average Bonchev–Trinajstić information content (AvgIpc) is 3.16. The molecule has 7 heteroatoms. The summed E-state index contributed by atoms with van der Waals surface area (Å²) >= 11 is 0. The van der Waals surface area contributed by atoms with E-state index in [1.54, 1.807) is 31.2 Å². The summed E-state index contributed by atoms with van der Waals surface area (Å²) in [6, 6.07) is 10.6. The lowest BCUT2D eigenvalue weighted by Gasteiger charge is -2.23. The normalized spacial score (nSPS) is 14.9. The Balaban J connectivity index is 1.83. The Kier molecular flexibility index (Phi) is 5.89. The van der Waals surface area contributed by atoms with E-state index in [9.17, 15) is 12.8 Å². The number of rotatable bonds is 7. The number of hydrogen-bond acceptors (Lipinski definition) is 4. The van der Waals surface area contributed by atoms with Gasteiger partial charge in [-0.2, -0.15) is 0 Å². The number of hydrogen-bond donors (Lipinski definition) is 0. The Bertz CT molecular complexity index is 877. The van der Waals surface area contributed by atoms with E-state index >= 15 is 0 Å². The summed E-state index contributed by atoms with van der Waals surface area (Å²) < 4.78 is 51.9. The Morgan fingerprint density at radius 1 is 1.11 bits per heavy atom. The maximum Gasteiger partial charge on any atom is 0.264 e. The van der Waals surface area contributed by atoms with Crippen LogP contribution in [0.3, 0.4) is 0 Å². The first-order valence-electron chi connectivity index (χ1n) is 9.08. The number of anilines is 1. The highest BCUT2D eigenvalue weighted by Crippen LogP contribution is 2.29. The Labute approximate surface area is 159 Å². The van der Waals surface area contributed by atoms with Gasteiger partial charge in [0.15, 0.2) is 11.6 Å². The molecule has 0 amide bonds. The van der Waals surface area contributed by atoms with Crippen LogP contribution in [-0.4, -0.2) is 28.2 Å². The van der Waals surface area contributed by atoms with Gasteiger partial charge in [0, 0.05) is 6.54 Å². The molecule has 0 N–H and O–H groups in total. The van der Waals surface area contributed by atoms with Gasteiger partial charge in [-0.15, -0.1) is 0 Å². The molecule has 0 unspecified atom stereocenters. The molecular weight excluding hydrogens is 369 g/mol. The molecule has 1 fully saturated rings. The zero-order chi connectivity index (χ0) is 19.4. The molecule has 146 valence electrons. The molecule has 5 nitrogen and oxygen atoms in total. The van der Waals surface area contributed by atoms with Gasteiger partial charge in [-0.05, 0) is 75.1 Å². The first-order chi connectivity index (χ1) is 13.0. The van der Waals surface area contributed by atoms with Crippen molar-refractivity contribution in [1.29, 1.82) is 0 Å². The molecule has 0 spiro atoms. The predicted molar refractivity (Wildman–Crippen MR) is 102 cm³/mol. The highest BCUT2D eigenvalue weighted by molar-refractivity contribution is 7.92. The maximum absolute atomic E-state index is 14.0. The SMILES string of the molecule is CCN(c1ccc(OC2CCCC2)cc1)S(=O)(=O)c1ccc(OC)c(F)c1. The largest absolute Gasteiger partial charge is 0.494 e. The summed E-state index contributed by atoms with van der Waals surface area (Å²) in [4.78, 5) is -0.117. The molecule has 0 atom stereocenters. The van der Waals surface area contributed by atoms with E-state index in [0.29, 0.717) is 5.69 Å². The summed E-state index contributed by atoms with van der Waals surface area (Å²) in [6.07, 6.45) is 4.72. The van der Waals surface area contributed by atoms with Gasteiger partial charge in [-0.25, -0.2) is 12.8 Å². The van der Waals surface area contributed by atoms with Gasteiger partial charge in [-0.1, -0.05) is 0 Å². The van der Waals surface area contributed by atoms with E-state index in [2.05, 4.69) is 0 Å². The smallest absolute Gasteiger partial charge is 0.264 e. The molecule has 0 aromatic heterocycles. The minimum Gasteiger partial charge on any atom is -0.494 e. The number of nitrogens with zero attached hydrogens (tertiary/aromatic N) is 1. The average molecular weight is 393 g/mol. The lowest BCUT2D eigenvalue weighted by molar-refractivity contribution is 0.210. The molecular formula is C20H24FNO4S. The standard InChI is InChI=1S/C20H24FNO4S/c1-3-22(27(23,24)18-12-13-20(25-2)19(21)14-18)15-8-10-17(11-9-15)26-16-6-4-5-7-16/h8-14,16H,3-7H2,1-2H3. The van der Waals surface area contributed by atoms with Crippen molar-refractivity contribution < 1.29 is 22.3 Å². The van der Waals surface area contributed by atoms with Crippen molar-refractivity contribution >= 4 is 15.7 Å². The third-order valence-corrected chi connectivity index (χ3v) is 6.63. The third-order valence-electron chi connectivity index (χ3n) is 4.73. The topological polar surface area (TPSA) is 55.8 Å². The van der Waals surface area contributed by atoms with Gasteiger partial charge >= 0.3 is 0 Å². The quantitative estimate of drug-likeness (QED) is 0.701. The number of halogens is 1. The van der Waals surface area contributed by atoms with E-state index in [0.717, 1.165) is 24.7 Å². The van der Waals surface area contributed by atoms with Gasteiger partial charge < -0.3 is 9.47 Å². The molecule has 0 radical (unpaired) electrons. The Morgan fingerprint density at radius 3 is 2.33 bits per heavy atom. The van der Waals surface area contributed by atoms with Crippen LogP contribution in [0, 0.1) is 5.82 Å². The highest BCUT2D eigenvalue weighted by Gasteiger charge is 2.25. The second-order valence-corrected chi connectivity index (χ2v) is 8.35. The van der Waals surface area contributed by atoms with Crippen molar-refractivity contribution in [3.05, 3.63) is 48.3 Å². The predicted octanol–water partition coefficient (Wildman–Crippen LogP) is 4.37. The second-order valence-electron chi connectivity index (χ2n) is 6.48. The van der Waals surface area contributed by atoms with Crippen LogP contribution in [-0.2, 0) is 10.0 Å². The summed E-state index contributed by atoms with van der Waals surface area (Å²) in [5.41, 5.74) is 0.507. The summed E-state index contributed by atoms with van der Waals surface area (Å²) in [5.74, 6) is 0.0231. The van der Waals surface area contributed by atoms with Crippen molar-refractivity contribution in [1.82, 2.24) is 0 Å². The van der Waals surface area contributed by atoms with Gasteiger partial charge in [0.2, 0.25) is 0 Å². The van der Waals surface area contributed by atoms with Crippen LogP contribution >= 0.6 is 0 Å². The fourth-order valence-electron chi connectivity index (χ4n) is 3.32. The fourth-order valence-corrected chi connectivity index (χ4v) is 4.80. The highest BCUT2D eigenvalue weighted by atomic mass is 32.2. The van der Waals surface area contributed by atoms with E-state index in [1.165, 1.54) is 36.4 Å². The van der Waals surface area contributed by atoms with E-state index in [1.807, 2.05) is 0 Å². The first-order valence-corrected chi connectivity index (χ1v) is 10.5. The molecule has 2 aromatic rings. The van der Waals surface area contributed by atoms with Gasteiger partial charge in [0.25, 0.3) is 10.0 Å². The van der Waals surface area contributed by atoms with Crippen LogP contribution < -0.4 is 13.8 Å². The van der Waals surface area contributed by atoms with Crippen molar-refractivity contribution in [3.8, 4) is 11.5 Å². The monoisotopic (exact) mass is 393 g/mol. The molecule has 3 rings (SSSR count). The molecule has 0 aliphatic heterocycles. The number of ether oxygens (including phenoxy) is 2. The molecule has 1 aliphatic rings. The van der Waals surface area contributed by atoms with Crippen molar-refractivity contribution in [2.75, 3.05) is 18.0 Å². The lowest BCUT2D eigenvalue weighted by Crippen LogP contribution is -2.30. The van der Waals surface area contributed by atoms with Crippen LogP contribution in [0.4, 0.5) is 10.1 Å². The summed E-state index contributed by atoms with van der Waals surface area (Å²) in [7, 11) is -2.56. The van der Waals surface area contributed by atoms with Crippen LogP contribution in [0.5, 0.6) is 11.5 Å². The zero-order valence-electron chi connectivity index (χ0n) is 15.5. The fraction of sp³-hybridized carbons (Fsp3) is 0.400. The van der Waals surface area contributed by atoms with Crippen molar-refractivity contribution in [2.24, 2.45) is 0 Å². The van der Waals surface area contributed by atoms with Gasteiger partial charge in [0.05, 0.1) is 23.8 Å². The summed E-state index contributed by atoms with van der Waals surface area (Å²) in [6.45, 7) is 1.96. The van der Waals surface area contributed by atoms with Crippen molar-refractivity contribution in [2.45, 2.75) is 43.6 Å². The number of benzene rings is 2. The van der Waals surface area contributed by atoms with Crippen LogP contribution in [0.1, 0.15) is 32.6 Å². The number of sulfonamides is 1. The second kappa shape index (κ2) is 8.17. The molecule has 1 saturated carbocycles. The van der Waals surface area contributed by atoms with E-state index < -0.39 is 15.8 Å². The zero-order valence-corrected chi connectivity index (χ0v) is 16.3. The Morgan fingerprint density at radius 2 is 1.78 bits per heavy atom. The minimum atomic E-state index is -3.89. The summed E-state index contributed by atoms with van der Waals surface area (Å²) in [5, 5.41) is 0. The molecule has 1 aliphatic carbocycles. The van der Waals surface area contributed by atoms with E-state index in [4.69, 9.17) is 9.47 Å². The lowest BCUT2D eigenvalue weighted by atomic mass is 10.2. The van der Waals surface area contributed by atoms with Crippen LogP contribution in [0.25, 0.3) is 0 Å². The number of methoxy groups -OCH3 is 1. The Hall–Kier alpha value is -2.28. The van der Waals surface area contributed by atoms with Crippen LogP contribution in [0.15, 0.2) is 47.4 Å².